The molecule has 0 bridgehead atoms. The molecule has 1 aromatic carbocycles. The summed E-state index contributed by atoms with van der Waals surface area (Å²) in [5.74, 6) is -3.68. The average molecular weight is 299 g/mol. The largest absolute Gasteiger partial charge is 0.479 e. The molecule has 1 N–H and O–H groups in total. The van der Waals surface area contributed by atoms with Gasteiger partial charge >= 0.3 is 5.97 Å². The van der Waals surface area contributed by atoms with Gasteiger partial charge < -0.3 is 14.7 Å². The molecule has 1 saturated heterocycles. The van der Waals surface area contributed by atoms with E-state index in [4.69, 9.17) is 9.84 Å². The van der Waals surface area contributed by atoms with Crippen molar-refractivity contribution in [2.24, 2.45) is 0 Å². The standard InChI is InChI=1S/C14H15F2NO4/c1-8-6-17(7-11(21-8)14(19)20)12(18)5-9-3-2-4-10(15)13(9)16/h2-4,8,11H,5-7H2,1H3,(H,19,20)/t8-,11?/m1/s1. The third kappa shape index (κ3) is 3.55. The van der Waals surface area contributed by atoms with Crippen LogP contribution in [0.15, 0.2) is 18.2 Å². The fourth-order valence-electron chi connectivity index (χ4n) is 2.25. The first-order valence-electron chi connectivity index (χ1n) is 6.47. The maximum Gasteiger partial charge on any atom is 0.334 e. The lowest BCUT2D eigenvalue weighted by atomic mass is 10.1. The van der Waals surface area contributed by atoms with Gasteiger partial charge in [-0.05, 0) is 13.0 Å². The van der Waals surface area contributed by atoms with Crippen LogP contribution in [0.1, 0.15) is 12.5 Å². The number of aliphatic carboxylic acids is 1. The quantitative estimate of drug-likeness (QED) is 0.911. The van der Waals surface area contributed by atoms with Crippen molar-refractivity contribution in [3.63, 3.8) is 0 Å². The second-order valence-electron chi connectivity index (χ2n) is 4.96. The zero-order valence-electron chi connectivity index (χ0n) is 11.4. The molecule has 2 rings (SSSR count). The van der Waals surface area contributed by atoms with E-state index < -0.39 is 35.7 Å². The summed E-state index contributed by atoms with van der Waals surface area (Å²) in [7, 11) is 0. The predicted octanol–water partition coefficient (Wildman–Crippen LogP) is 1.21. The van der Waals surface area contributed by atoms with Crippen molar-refractivity contribution in [3.05, 3.63) is 35.4 Å². The number of hydrogen-bond acceptors (Lipinski definition) is 3. The Morgan fingerprint density at radius 2 is 2.10 bits per heavy atom. The molecule has 0 aromatic heterocycles. The Bertz CT molecular complexity index is 564. The van der Waals surface area contributed by atoms with Crippen LogP contribution in [0.4, 0.5) is 8.78 Å². The van der Waals surface area contributed by atoms with E-state index in [2.05, 4.69) is 0 Å². The molecule has 0 aliphatic carbocycles. The lowest BCUT2D eigenvalue weighted by molar-refractivity contribution is -0.166. The molecule has 21 heavy (non-hydrogen) atoms. The molecule has 1 heterocycles. The summed E-state index contributed by atoms with van der Waals surface area (Å²) in [5, 5.41) is 8.95. The molecule has 2 atom stereocenters. The van der Waals surface area contributed by atoms with E-state index in [0.717, 1.165) is 6.07 Å². The lowest BCUT2D eigenvalue weighted by Gasteiger charge is -2.35. The summed E-state index contributed by atoms with van der Waals surface area (Å²) in [6.45, 7) is 1.77. The van der Waals surface area contributed by atoms with Crippen molar-refractivity contribution < 1.29 is 28.2 Å². The molecule has 1 unspecified atom stereocenters. The molecule has 0 spiro atoms. The molecule has 1 aliphatic rings. The number of carbonyl (C=O) groups excluding carboxylic acids is 1. The van der Waals surface area contributed by atoms with E-state index >= 15 is 0 Å². The van der Waals surface area contributed by atoms with Gasteiger partial charge in [0.05, 0.1) is 19.1 Å². The molecule has 7 heteroatoms. The van der Waals surface area contributed by atoms with Crippen molar-refractivity contribution in [3.8, 4) is 0 Å². The molecule has 0 radical (unpaired) electrons. The lowest BCUT2D eigenvalue weighted by Crippen LogP contribution is -2.52. The van der Waals surface area contributed by atoms with E-state index in [9.17, 15) is 18.4 Å². The van der Waals surface area contributed by atoms with E-state index in [1.807, 2.05) is 0 Å². The van der Waals surface area contributed by atoms with Gasteiger partial charge in [-0.2, -0.15) is 0 Å². The van der Waals surface area contributed by atoms with Crippen LogP contribution < -0.4 is 0 Å². The summed E-state index contributed by atoms with van der Waals surface area (Å²) >= 11 is 0. The Labute approximate surface area is 120 Å². The number of rotatable bonds is 3. The van der Waals surface area contributed by atoms with Crippen molar-refractivity contribution in [1.29, 1.82) is 0 Å². The van der Waals surface area contributed by atoms with Gasteiger partial charge in [0.15, 0.2) is 17.7 Å². The molecular weight excluding hydrogens is 284 g/mol. The Morgan fingerprint density at radius 1 is 1.38 bits per heavy atom. The third-order valence-electron chi connectivity index (χ3n) is 3.26. The Kier molecular flexibility index (Phi) is 4.52. The molecule has 114 valence electrons. The molecule has 0 saturated carbocycles. The minimum absolute atomic E-state index is 0.0500. The number of morpholine rings is 1. The number of benzene rings is 1. The van der Waals surface area contributed by atoms with Crippen LogP contribution in [0.3, 0.4) is 0 Å². The first-order chi connectivity index (χ1) is 9.88. The Hall–Kier alpha value is -2.02. The Morgan fingerprint density at radius 3 is 2.76 bits per heavy atom. The normalized spacial score (nSPS) is 22.1. The molecule has 1 amide bonds. The van der Waals surface area contributed by atoms with Gasteiger partial charge in [0.25, 0.3) is 0 Å². The second kappa shape index (κ2) is 6.17. The van der Waals surface area contributed by atoms with Crippen LogP contribution in [0, 0.1) is 11.6 Å². The van der Waals surface area contributed by atoms with Gasteiger partial charge in [-0.15, -0.1) is 0 Å². The van der Waals surface area contributed by atoms with Gasteiger partial charge in [0.2, 0.25) is 5.91 Å². The highest BCUT2D eigenvalue weighted by atomic mass is 19.2. The zero-order chi connectivity index (χ0) is 15.6. The van der Waals surface area contributed by atoms with Crippen molar-refractivity contribution >= 4 is 11.9 Å². The smallest absolute Gasteiger partial charge is 0.334 e. The van der Waals surface area contributed by atoms with E-state index in [1.165, 1.54) is 17.0 Å². The first-order valence-corrected chi connectivity index (χ1v) is 6.47. The van der Waals surface area contributed by atoms with E-state index in [1.54, 1.807) is 6.92 Å². The van der Waals surface area contributed by atoms with Crippen LogP contribution in [-0.2, 0) is 20.7 Å². The van der Waals surface area contributed by atoms with Crippen LogP contribution in [0.2, 0.25) is 0 Å². The second-order valence-corrected chi connectivity index (χ2v) is 4.96. The van der Waals surface area contributed by atoms with Crippen LogP contribution >= 0.6 is 0 Å². The minimum atomic E-state index is -1.16. The number of hydrogen-bond donors (Lipinski definition) is 1. The monoisotopic (exact) mass is 299 g/mol. The highest BCUT2D eigenvalue weighted by Gasteiger charge is 2.32. The maximum absolute atomic E-state index is 13.5. The predicted molar refractivity (Wildman–Crippen MR) is 68.6 cm³/mol. The summed E-state index contributed by atoms with van der Waals surface area (Å²) in [6.07, 6.45) is -1.85. The molecule has 1 aliphatic heterocycles. The van der Waals surface area contributed by atoms with Gasteiger partial charge in [-0.25, -0.2) is 13.6 Å². The van der Waals surface area contributed by atoms with Crippen molar-refractivity contribution in [1.82, 2.24) is 4.90 Å². The molecule has 5 nitrogen and oxygen atoms in total. The van der Waals surface area contributed by atoms with Gasteiger partial charge in [-0.1, -0.05) is 12.1 Å². The summed E-state index contributed by atoms with van der Waals surface area (Å²) in [6, 6.07) is 3.62. The molecule has 1 aromatic rings. The summed E-state index contributed by atoms with van der Waals surface area (Å²) < 4.78 is 31.8. The third-order valence-corrected chi connectivity index (χ3v) is 3.26. The number of carboxylic acid groups (broad SMARTS) is 1. The van der Waals surface area contributed by atoms with Crippen molar-refractivity contribution in [2.75, 3.05) is 13.1 Å². The van der Waals surface area contributed by atoms with Crippen LogP contribution in [0.25, 0.3) is 0 Å². The highest BCUT2D eigenvalue weighted by Crippen LogP contribution is 2.16. The number of halogens is 2. The minimum Gasteiger partial charge on any atom is -0.479 e. The van der Waals surface area contributed by atoms with Gasteiger partial charge in [0.1, 0.15) is 0 Å². The Balaban J connectivity index is 2.09. The average Bonchev–Trinajstić information content (AvgIpc) is 2.43. The fourth-order valence-corrected chi connectivity index (χ4v) is 2.25. The molecule has 1 fully saturated rings. The fraction of sp³-hybridized carbons (Fsp3) is 0.429. The number of amides is 1. The van der Waals surface area contributed by atoms with Crippen LogP contribution in [-0.4, -0.2) is 47.2 Å². The number of carbonyl (C=O) groups is 2. The zero-order valence-corrected chi connectivity index (χ0v) is 11.4. The molecular formula is C14H15F2NO4. The summed E-state index contributed by atoms with van der Waals surface area (Å²) in [4.78, 5) is 24.4. The van der Waals surface area contributed by atoms with Gasteiger partial charge in [0, 0.05) is 12.1 Å². The number of nitrogens with zero attached hydrogens (tertiary/aromatic N) is 1. The SMILES string of the molecule is C[C@@H]1CN(C(=O)Cc2cccc(F)c2F)CC(C(=O)O)O1. The van der Waals surface area contributed by atoms with Crippen molar-refractivity contribution in [2.45, 2.75) is 25.6 Å². The number of carboxylic acids is 1. The highest BCUT2D eigenvalue weighted by molar-refractivity contribution is 5.80. The summed E-state index contributed by atoms with van der Waals surface area (Å²) in [5.41, 5.74) is -0.0500. The van der Waals surface area contributed by atoms with E-state index in [-0.39, 0.29) is 25.1 Å². The van der Waals surface area contributed by atoms with E-state index in [0.29, 0.717) is 0 Å². The first kappa shape index (κ1) is 15.4. The van der Waals surface area contributed by atoms with Crippen LogP contribution in [0.5, 0.6) is 0 Å². The topological polar surface area (TPSA) is 66.8 Å². The van der Waals surface area contributed by atoms with Gasteiger partial charge in [-0.3, -0.25) is 4.79 Å². The maximum atomic E-state index is 13.5. The number of ether oxygens (including phenoxy) is 1.